The molecule has 0 radical (unpaired) electrons. The van der Waals surface area contributed by atoms with Gasteiger partial charge in [-0.1, -0.05) is 57.4 Å². The van der Waals surface area contributed by atoms with Crippen molar-refractivity contribution in [3.63, 3.8) is 0 Å². The van der Waals surface area contributed by atoms with E-state index in [1.54, 1.807) is 5.57 Å². The van der Waals surface area contributed by atoms with Crippen molar-refractivity contribution in [2.45, 2.75) is 96.7 Å². The summed E-state index contributed by atoms with van der Waals surface area (Å²) in [6, 6.07) is 0. The Balaban J connectivity index is 1.70. The van der Waals surface area contributed by atoms with Crippen LogP contribution in [-0.4, -0.2) is 34.1 Å². The summed E-state index contributed by atoms with van der Waals surface area (Å²) >= 11 is 0. The second-order valence-electron chi connectivity index (χ2n) is 10.2. The van der Waals surface area contributed by atoms with Crippen molar-refractivity contribution in [1.82, 2.24) is 0 Å². The normalized spacial score (nSPS) is 39.1. The summed E-state index contributed by atoms with van der Waals surface area (Å²) in [7, 11) is 0. The Morgan fingerprint density at radius 1 is 1.17 bits per heavy atom. The maximum Gasteiger partial charge on any atom is 0.0811 e. The van der Waals surface area contributed by atoms with Crippen LogP contribution in [0.3, 0.4) is 0 Å². The monoisotopic (exact) mass is 402 g/mol. The van der Waals surface area contributed by atoms with Crippen LogP contribution in [0, 0.1) is 23.2 Å². The first-order valence-corrected chi connectivity index (χ1v) is 11.9. The van der Waals surface area contributed by atoms with Crippen molar-refractivity contribution in [3.05, 3.63) is 35.5 Å². The third-order valence-corrected chi connectivity index (χ3v) is 8.31. The highest BCUT2D eigenvalue weighted by Gasteiger charge is 2.50. The minimum atomic E-state index is -0.609. The van der Waals surface area contributed by atoms with Gasteiger partial charge in [-0.3, -0.25) is 0 Å². The second kappa shape index (κ2) is 9.94. The minimum Gasteiger partial charge on any atom is -0.396 e. The number of hydrogen-bond donors (Lipinski definition) is 3. The highest BCUT2D eigenvalue weighted by atomic mass is 16.3. The second-order valence-corrected chi connectivity index (χ2v) is 10.2. The summed E-state index contributed by atoms with van der Waals surface area (Å²) in [6.45, 7) is 9.36. The fourth-order valence-electron chi connectivity index (χ4n) is 6.64. The van der Waals surface area contributed by atoms with E-state index in [9.17, 15) is 10.2 Å². The lowest BCUT2D eigenvalue weighted by molar-refractivity contribution is 0.0861. The van der Waals surface area contributed by atoms with Crippen LogP contribution in [-0.2, 0) is 0 Å². The molecule has 0 spiro atoms. The first-order chi connectivity index (χ1) is 13.9. The Morgan fingerprint density at radius 3 is 2.72 bits per heavy atom. The number of unbranched alkanes of at least 4 members (excludes halogenated alkanes) is 2. The fraction of sp³-hybridized carbons (Fsp3) is 0.769. The molecule has 6 atom stereocenters. The molecule has 3 aliphatic rings. The van der Waals surface area contributed by atoms with Gasteiger partial charge < -0.3 is 15.3 Å². The summed E-state index contributed by atoms with van der Waals surface area (Å²) in [6.07, 6.45) is 15.4. The van der Waals surface area contributed by atoms with E-state index in [1.807, 2.05) is 0 Å². The molecule has 3 nitrogen and oxygen atoms in total. The molecule has 0 heterocycles. The molecule has 0 aromatic heterocycles. The number of rotatable bonds is 7. The number of allylic oxidation sites excluding steroid dienone is 3. The lowest BCUT2D eigenvalue weighted by atomic mass is 9.60. The van der Waals surface area contributed by atoms with Crippen LogP contribution in [0.1, 0.15) is 84.5 Å². The summed E-state index contributed by atoms with van der Waals surface area (Å²) < 4.78 is 0. The Bertz CT molecular complexity index is 634. The Labute approximate surface area is 177 Å². The van der Waals surface area contributed by atoms with Gasteiger partial charge in [0.05, 0.1) is 12.2 Å². The number of aliphatic hydroxyl groups is 3. The predicted octanol–water partition coefficient (Wildman–Crippen LogP) is 5.32. The van der Waals surface area contributed by atoms with Gasteiger partial charge in [-0.15, -0.1) is 0 Å². The van der Waals surface area contributed by atoms with Gasteiger partial charge >= 0.3 is 0 Å². The maximum absolute atomic E-state index is 10.1. The van der Waals surface area contributed by atoms with E-state index in [4.69, 9.17) is 5.11 Å². The molecule has 0 aromatic rings. The summed E-state index contributed by atoms with van der Waals surface area (Å²) in [5.74, 6) is 2.22. The van der Waals surface area contributed by atoms with E-state index in [1.165, 1.54) is 44.9 Å². The van der Waals surface area contributed by atoms with E-state index in [0.29, 0.717) is 30.8 Å². The van der Waals surface area contributed by atoms with Crippen molar-refractivity contribution in [1.29, 1.82) is 0 Å². The first kappa shape index (κ1) is 22.8. The standard InChI is InChI=1S/C26H42O3/c1-18(8-5-4-6-15-27)23-12-13-24-20(9-7-14-26(23,24)3)10-11-21-16-22(28)17-25(29)19(21)2/h10-11,18,22-25,27-29H,2,4-9,12-17H2,1,3H3. The third-order valence-electron chi connectivity index (χ3n) is 8.31. The zero-order chi connectivity index (χ0) is 21.0. The van der Waals surface area contributed by atoms with E-state index >= 15 is 0 Å². The molecule has 0 aromatic carbocycles. The van der Waals surface area contributed by atoms with Crippen molar-refractivity contribution in [2.75, 3.05) is 6.61 Å². The molecule has 29 heavy (non-hydrogen) atoms. The van der Waals surface area contributed by atoms with Crippen molar-refractivity contribution < 1.29 is 15.3 Å². The lowest BCUT2D eigenvalue weighted by Crippen LogP contribution is -2.36. The van der Waals surface area contributed by atoms with Gasteiger partial charge in [0.25, 0.3) is 0 Å². The van der Waals surface area contributed by atoms with Crippen LogP contribution in [0.2, 0.25) is 0 Å². The average Bonchev–Trinajstić information content (AvgIpc) is 3.04. The number of hydrogen-bond acceptors (Lipinski definition) is 3. The molecule has 3 saturated carbocycles. The van der Waals surface area contributed by atoms with Gasteiger partial charge in [0.1, 0.15) is 0 Å². The lowest BCUT2D eigenvalue weighted by Gasteiger charge is -2.44. The molecule has 0 amide bonds. The van der Waals surface area contributed by atoms with Gasteiger partial charge in [-0.05, 0) is 79.3 Å². The Kier molecular flexibility index (Phi) is 7.81. The molecule has 164 valence electrons. The van der Waals surface area contributed by atoms with Gasteiger partial charge in [0, 0.05) is 13.0 Å². The molecule has 3 aliphatic carbocycles. The minimum absolute atomic E-state index is 0.321. The van der Waals surface area contributed by atoms with Crippen LogP contribution in [0.5, 0.6) is 0 Å². The van der Waals surface area contributed by atoms with Crippen LogP contribution >= 0.6 is 0 Å². The fourth-order valence-corrected chi connectivity index (χ4v) is 6.64. The van der Waals surface area contributed by atoms with Gasteiger partial charge in [0.2, 0.25) is 0 Å². The third kappa shape index (κ3) is 5.06. The predicted molar refractivity (Wildman–Crippen MR) is 119 cm³/mol. The molecule has 3 fully saturated rings. The van der Waals surface area contributed by atoms with Crippen LogP contribution in [0.15, 0.2) is 35.5 Å². The average molecular weight is 403 g/mol. The number of aliphatic hydroxyl groups excluding tert-OH is 3. The van der Waals surface area contributed by atoms with Crippen molar-refractivity contribution >= 4 is 0 Å². The van der Waals surface area contributed by atoms with E-state index < -0.39 is 12.2 Å². The maximum atomic E-state index is 10.1. The van der Waals surface area contributed by atoms with Gasteiger partial charge in [0.15, 0.2) is 0 Å². The SMILES string of the molecule is C=C1C(=CC=C2CCCC3(C)C2CCC3C(C)CCCCCO)CC(O)CC1O. The van der Waals surface area contributed by atoms with Crippen molar-refractivity contribution in [3.8, 4) is 0 Å². The van der Waals surface area contributed by atoms with Crippen LogP contribution in [0.4, 0.5) is 0 Å². The Hall–Kier alpha value is -0.900. The zero-order valence-electron chi connectivity index (χ0n) is 18.6. The quantitative estimate of drug-likeness (QED) is 0.505. The molecular formula is C26H42O3. The largest absolute Gasteiger partial charge is 0.396 e. The molecular weight excluding hydrogens is 360 g/mol. The van der Waals surface area contributed by atoms with E-state index in [-0.39, 0.29) is 0 Å². The molecule has 3 rings (SSSR count). The zero-order valence-corrected chi connectivity index (χ0v) is 18.6. The van der Waals surface area contributed by atoms with Gasteiger partial charge in [-0.2, -0.15) is 0 Å². The molecule has 0 saturated heterocycles. The molecule has 0 aliphatic heterocycles. The molecule has 3 heteroatoms. The van der Waals surface area contributed by atoms with Crippen LogP contribution in [0.25, 0.3) is 0 Å². The topological polar surface area (TPSA) is 60.7 Å². The smallest absolute Gasteiger partial charge is 0.0811 e. The van der Waals surface area contributed by atoms with E-state index in [2.05, 4.69) is 32.6 Å². The molecule has 6 unspecified atom stereocenters. The van der Waals surface area contributed by atoms with Gasteiger partial charge in [-0.25, -0.2) is 0 Å². The van der Waals surface area contributed by atoms with Crippen molar-refractivity contribution in [2.24, 2.45) is 23.2 Å². The molecule has 0 bridgehead atoms. The highest BCUT2D eigenvalue weighted by Crippen LogP contribution is 2.59. The molecule has 3 N–H and O–H groups in total. The summed E-state index contributed by atoms with van der Waals surface area (Å²) in [5, 5.41) is 29.1. The Morgan fingerprint density at radius 2 is 1.97 bits per heavy atom. The van der Waals surface area contributed by atoms with Crippen LogP contribution < -0.4 is 0 Å². The highest BCUT2D eigenvalue weighted by molar-refractivity contribution is 5.38. The summed E-state index contributed by atoms with van der Waals surface area (Å²) in [5.41, 5.74) is 3.78. The first-order valence-electron chi connectivity index (χ1n) is 11.9. The summed E-state index contributed by atoms with van der Waals surface area (Å²) in [4.78, 5) is 0. The van der Waals surface area contributed by atoms with E-state index in [0.717, 1.165) is 35.8 Å². The number of fused-ring (bicyclic) bond motifs is 1.